The summed E-state index contributed by atoms with van der Waals surface area (Å²) in [4.78, 5) is 10.7. The van der Waals surface area contributed by atoms with E-state index in [1.165, 1.54) is 4.90 Å². The SMILES string of the molecule is N#CCC1(n2cc(-c3nc(-c4cnn(C5COC5)c4)cc4ncccc34)cn2)CN(CC(F)(F)F)C1. The van der Waals surface area contributed by atoms with Gasteiger partial charge in [-0.1, -0.05) is 0 Å². The van der Waals surface area contributed by atoms with Crippen LogP contribution in [0.3, 0.4) is 0 Å². The maximum atomic E-state index is 12.8. The number of rotatable bonds is 6. The smallest absolute Gasteiger partial charge is 0.377 e. The first-order valence-electron chi connectivity index (χ1n) is 11.4. The second-order valence-corrected chi connectivity index (χ2v) is 9.32. The summed E-state index contributed by atoms with van der Waals surface area (Å²) in [5, 5.41) is 19.1. The minimum atomic E-state index is -4.29. The molecule has 0 bridgehead atoms. The fraction of sp³-hybridized carbons (Fsp3) is 0.375. The van der Waals surface area contributed by atoms with Gasteiger partial charge in [0.25, 0.3) is 0 Å². The van der Waals surface area contributed by atoms with Crippen molar-refractivity contribution in [2.45, 2.75) is 24.2 Å². The summed E-state index contributed by atoms with van der Waals surface area (Å²) in [6.45, 7) is 0.448. The van der Waals surface area contributed by atoms with Gasteiger partial charge in [-0.3, -0.25) is 19.2 Å². The van der Waals surface area contributed by atoms with Gasteiger partial charge in [0.15, 0.2) is 0 Å². The molecular weight excluding hydrogens is 473 g/mol. The van der Waals surface area contributed by atoms with E-state index in [9.17, 15) is 18.4 Å². The van der Waals surface area contributed by atoms with Crippen LogP contribution in [0.25, 0.3) is 33.4 Å². The lowest BCUT2D eigenvalue weighted by Gasteiger charge is -2.49. The summed E-state index contributed by atoms with van der Waals surface area (Å²) >= 11 is 0. The van der Waals surface area contributed by atoms with Gasteiger partial charge in [0.05, 0.1) is 67.6 Å². The van der Waals surface area contributed by atoms with Crippen molar-refractivity contribution in [1.82, 2.24) is 34.4 Å². The summed E-state index contributed by atoms with van der Waals surface area (Å²) < 4.78 is 47.2. The molecule has 0 aliphatic carbocycles. The number of hydrogen-bond donors (Lipinski definition) is 0. The predicted molar refractivity (Wildman–Crippen MR) is 123 cm³/mol. The van der Waals surface area contributed by atoms with Crippen molar-refractivity contribution < 1.29 is 17.9 Å². The van der Waals surface area contributed by atoms with Crippen molar-refractivity contribution in [2.24, 2.45) is 0 Å². The average molecular weight is 494 g/mol. The van der Waals surface area contributed by atoms with Gasteiger partial charge in [0.2, 0.25) is 0 Å². The van der Waals surface area contributed by atoms with E-state index >= 15 is 0 Å². The van der Waals surface area contributed by atoms with Crippen LogP contribution < -0.4 is 0 Å². The maximum absolute atomic E-state index is 12.8. The Kier molecular flexibility index (Phi) is 5.27. The number of fused-ring (bicyclic) bond motifs is 1. The third-order valence-corrected chi connectivity index (χ3v) is 6.68. The molecule has 0 unspecified atom stereocenters. The molecule has 6 rings (SSSR count). The first-order chi connectivity index (χ1) is 17.3. The Morgan fingerprint density at radius 1 is 1.14 bits per heavy atom. The molecule has 2 fully saturated rings. The molecule has 0 spiro atoms. The quantitative estimate of drug-likeness (QED) is 0.405. The number of aromatic nitrogens is 6. The van der Waals surface area contributed by atoms with Crippen LogP contribution in [0, 0.1) is 11.3 Å². The minimum Gasteiger partial charge on any atom is -0.377 e. The van der Waals surface area contributed by atoms with E-state index in [0.29, 0.717) is 30.2 Å². The molecule has 0 amide bonds. The van der Waals surface area contributed by atoms with E-state index in [1.54, 1.807) is 29.5 Å². The second-order valence-electron chi connectivity index (χ2n) is 9.32. The Balaban J connectivity index is 1.35. The highest BCUT2D eigenvalue weighted by molar-refractivity contribution is 5.94. The molecule has 0 atom stereocenters. The Hall–Kier alpha value is -3.82. The third kappa shape index (κ3) is 4.00. The number of nitrogens with zero attached hydrogens (tertiary/aromatic N) is 8. The molecule has 4 aromatic rings. The van der Waals surface area contributed by atoms with E-state index in [4.69, 9.17) is 9.72 Å². The molecule has 0 radical (unpaired) electrons. The van der Waals surface area contributed by atoms with Crippen LogP contribution in [-0.4, -0.2) is 73.5 Å². The van der Waals surface area contributed by atoms with E-state index in [1.807, 2.05) is 29.1 Å². The number of nitriles is 1. The first-order valence-corrected chi connectivity index (χ1v) is 11.4. The molecule has 36 heavy (non-hydrogen) atoms. The summed E-state index contributed by atoms with van der Waals surface area (Å²) in [6.07, 6.45) is 4.57. The van der Waals surface area contributed by atoms with Gasteiger partial charge in [0, 0.05) is 48.2 Å². The lowest BCUT2D eigenvalue weighted by atomic mass is 9.87. The van der Waals surface area contributed by atoms with Crippen molar-refractivity contribution in [3.63, 3.8) is 0 Å². The number of alkyl halides is 3. The van der Waals surface area contributed by atoms with E-state index in [2.05, 4.69) is 21.3 Å². The molecular formula is C24H21F3N8O. The zero-order chi connectivity index (χ0) is 24.9. The number of hydrogen-bond acceptors (Lipinski definition) is 7. The number of pyridine rings is 2. The van der Waals surface area contributed by atoms with Gasteiger partial charge in [-0.25, -0.2) is 4.98 Å². The van der Waals surface area contributed by atoms with Crippen molar-refractivity contribution >= 4 is 10.9 Å². The van der Waals surface area contributed by atoms with Crippen molar-refractivity contribution in [1.29, 1.82) is 5.26 Å². The van der Waals surface area contributed by atoms with Crippen LogP contribution in [0.4, 0.5) is 13.2 Å². The third-order valence-electron chi connectivity index (χ3n) is 6.68. The normalized spacial score (nSPS) is 18.1. The standard InChI is InChI=1S/C24H21F3N8O/c25-24(26,27)15-33-13-23(14-33,3-4-28)35-10-17(8-31-35)22-19-2-1-5-29-21(19)6-20(32-22)16-7-30-34(9-16)18-11-36-12-18/h1-2,5-10,18H,3,11-15H2. The Labute approximate surface area is 203 Å². The fourth-order valence-electron chi connectivity index (χ4n) is 4.83. The molecule has 0 saturated carbocycles. The molecule has 9 nitrogen and oxygen atoms in total. The molecule has 2 saturated heterocycles. The Bertz CT molecular complexity index is 1460. The van der Waals surface area contributed by atoms with Crippen LogP contribution in [0.5, 0.6) is 0 Å². The van der Waals surface area contributed by atoms with Gasteiger partial charge in [0.1, 0.15) is 5.54 Å². The molecule has 184 valence electrons. The van der Waals surface area contributed by atoms with Crippen LogP contribution in [-0.2, 0) is 10.3 Å². The van der Waals surface area contributed by atoms with Gasteiger partial charge in [-0.15, -0.1) is 0 Å². The van der Waals surface area contributed by atoms with Crippen molar-refractivity contribution in [3.05, 3.63) is 49.2 Å². The van der Waals surface area contributed by atoms with Crippen LogP contribution >= 0.6 is 0 Å². The van der Waals surface area contributed by atoms with E-state index < -0.39 is 18.3 Å². The monoisotopic (exact) mass is 494 g/mol. The van der Waals surface area contributed by atoms with Crippen molar-refractivity contribution in [2.75, 3.05) is 32.8 Å². The topological polar surface area (TPSA) is 97.7 Å². The Morgan fingerprint density at radius 2 is 1.94 bits per heavy atom. The molecule has 6 heterocycles. The zero-order valence-corrected chi connectivity index (χ0v) is 19.1. The molecule has 4 aromatic heterocycles. The summed E-state index contributed by atoms with van der Waals surface area (Å²) in [6, 6.07) is 7.97. The van der Waals surface area contributed by atoms with Gasteiger partial charge in [-0.2, -0.15) is 28.6 Å². The maximum Gasteiger partial charge on any atom is 0.401 e. The number of ether oxygens (including phenoxy) is 1. The lowest BCUT2D eigenvalue weighted by molar-refractivity contribution is -0.167. The number of halogens is 3. The molecule has 2 aliphatic heterocycles. The molecule has 2 aliphatic rings. The molecule has 12 heteroatoms. The fourth-order valence-corrected chi connectivity index (χ4v) is 4.83. The predicted octanol–water partition coefficient (Wildman–Crippen LogP) is 3.41. The Morgan fingerprint density at radius 3 is 2.67 bits per heavy atom. The van der Waals surface area contributed by atoms with Gasteiger partial charge >= 0.3 is 6.18 Å². The van der Waals surface area contributed by atoms with E-state index in [0.717, 1.165) is 16.5 Å². The summed E-state index contributed by atoms with van der Waals surface area (Å²) in [5.41, 5.74) is 2.82. The zero-order valence-electron chi connectivity index (χ0n) is 19.1. The van der Waals surface area contributed by atoms with Gasteiger partial charge in [-0.05, 0) is 18.2 Å². The highest BCUT2D eigenvalue weighted by Gasteiger charge is 2.48. The minimum absolute atomic E-state index is 0.0579. The summed E-state index contributed by atoms with van der Waals surface area (Å²) in [7, 11) is 0. The summed E-state index contributed by atoms with van der Waals surface area (Å²) in [5.74, 6) is 0. The largest absolute Gasteiger partial charge is 0.401 e. The average Bonchev–Trinajstić information content (AvgIpc) is 3.45. The van der Waals surface area contributed by atoms with Crippen LogP contribution in [0.1, 0.15) is 12.5 Å². The lowest BCUT2D eigenvalue weighted by Crippen LogP contribution is -2.64. The van der Waals surface area contributed by atoms with Gasteiger partial charge < -0.3 is 4.74 Å². The highest BCUT2D eigenvalue weighted by atomic mass is 19.4. The molecule has 0 aromatic carbocycles. The van der Waals surface area contributed by atoms with E-state index in [-0.39, 0.29) is 25.6 Å². The van der Waals surface area contributed by atoms with Crippen LogP contribution in [0.2, 0.25) is 0 Å². The molecule has 0 N–H and O–H groups in total. The number of likely N-dealkylation sites (tertiary alicyclic amines) is 1. The first kappa shape index (κ1) is 22.6. The second kappa shape index (κ2) is 8.39. The highest BCUT2D eigenvalue weighted by Crippen LogP contribution is 2.36. The van der Waals surface area contributed by atoms with Crippen LogP contribution in [0.15, 0.2) is 49.2 Å². The van der Waals surface area contributed by atoms with Crippen molar-refractivity contribution in [3.8, 4) is 28.6 Å².